The number of hydrogen-bond acceptors (Lipinski definition) is 2. The first-order chi connectivity index (χ1) is 6.94. The molecule has 0 aliphatic carbocycles. The highest BCUT2D eigenvalue weighted by molar-refractivity contribution is 4.89. The topological polar surface area (TPSA) is 29.5 Å². The van der Waals surface area contributed by atoms with Crippen molar-refractivity contribution in [2.75, 3.05) is 0 Å². The van der Waals surface area contributed by atoms with E-state index in [-0.39, 0.29) is 16.4 Å². The van der Waals surface area contributed by atoms with Crippen molar-refractivity contribution in [2.45, 2.75) is 80.1 Å². The van der Waals surface area contributed by atoms with Gasteiger partial charge in [0.2, 0.25) is 0 Å². The lowest BCUT2D eigenvalue weighted by molar-refractivity contribution is -0.245. The molecule has 2 unspecified atom stereocenters. The monoisotopic (exact) mass is 230 g/mol. The summed E-state index contributed by atoms with van der Waals surface area (Å²) in [5.74, 6) is 0. The standard InChI is InChI=1S/C14H30O2/c1-9-10-14(8,12(2,3)4)11(15)16-13(5,6)7/h11,15H,9-10H2,1-8H3. The van der Waals surface area contributed by atoms with Crippen molar-refractivity contribution in [2.24, 2.45) is 10.8 Å². The predicted molar refractivity (Wildman–Crippen MR) is 69.3 cm³/mol. The van der Waals surface area contributed by atoms with Gasteiger partial charge in [-0.15, -0.1) is 0 Å². The Morgan fingerprint density at radius 2 is 1.44 bits per heavy atom. The van der Waals surface area contributed by atoms with Crippen LogP contribution in [-0.2, 0) is 4.74 Å². The maximum absolute atomic E-state index is 10.3. The van der Waals surface area contributed by atoms with Crippen molar-refractivity contribution in [1.82, 2.24) is 0 Å². The second-order valence-corrected chi connectivity index (χ2v) is 7.00. The molecule has 98 valence electrons. The molecule has 0 aromatic rings. The second-order valence-electron chi connectivity index (χ2n) is 7.00. The molecule has 0 radical (unpaired) electrons. The normalized spacial score (nSPS) is 19.3. The van der Waals surface area contributed by atoms with E-state index < -0.39 is 6.29 Å². The van der Waals surface area contributed by atoms with Crippen molar-refractivity contribution >= 4 is 0 Å². The quantitative estimate of drug-likeness (QED) is 0.740. The molecule has 0 amide bonds. The lowest BCUT2D eigenvalue weighted by Crippen LogP contribution is -2.47. The molecule has 2 atom stereocenters. The van der Waals surface area contributed by atoms with Crippen LogP contribution in [0.4, 0.5) is 0 Å². The second kappa shape index (κ2) is 5.05. The fraction of sp³-hybridized carbons (Fsp3) is 1.00. The molecule has 1 N–H and O–H groups in total. The summed E-state index contributed by atoms with van der Waals surface area (Å²) >= 11 is 0. The van der Waals surface area contributed by atoms with E-state index in [2.05, 4.69) is 34.6 Å². The first kappa shape index (κ1) is 15.9. The van der Waals surface area contributed by atoms with Gasteiger partial charge in [-0.05, 0) is 32.6 Å². The van der Waals surface area contributed by atoms with E-state index in [0.29, 0.717) is 0 Å². The van der Waals surface area contributed by atoms with Gasteiger partial charge in [-0.1, -0.05) is 41.0 Å². The Bertz CT molecular complexity index is 210. The smallest absolute Gasteiger partial charge is 0.161 e. The number of ether oxygens (including phenoxy) is 1. The summed E-state index contributed by atoms with van der Waals surface area (Å²) in [7, 11) is 0. The van der Waals surface area contributed by atoms with Gasteiger partial charge in [-0.3, -0.25) is 0 Å². The number of hydrogen-bond donors (Lipinski definition) is 1. The van der Waals surface area contributed by atoms with Crippen molar-refractivity contribution in [3.05, 3.63) is 0 Å². The zero-order valence-corrected chi connectivity index (χ0v) is 12.3. The molecule has 0 spiro atoms. The molecule has 0 saturated heterocycles. The summed E-state index contributed by atoms with van der Waals surface area (Å²) in [5.41, 5.74) is -0.498. The van der Waals surface area contributed by atoms with Crippen LogP contribution in [-0.4, -0.2) is 17.0 Å². The molecular weight excluding hydrogens is 200 g/mol. The summed E-state index contributed by atoms with van der Waals surface area (Å²) in [6.07, 6.45) is 1.30. The Kier molecular flexibility index (Phi) is 5.03. The Balaban J connectivity index is 4.92. The van der Waals surface area contributed by atoms with Crippen LogP contribution in [0.1, 0.15) is 68.2 Å². The third kappa shape index (κ3) is 4.06. The molecule has 16 heavy (non-hydrogen) atoms. The van der Waals surface area contributed by atoms with Gasteiger partial charge < -0.3 is 9.84 Å². The summed E-state index contributed by atoms with van der Waals surface area (Å²) in [4.78, 5) is 0. The van der Waals surface area contributed by atoms with E-state index in [1.165, 1.54) is 0 Å². The average Bonchev–Trinajstić information content (AvgIpc) is 1.98. The average molecular weight is 230 g/mol. The highest BCUT2D eigenvalue weighted by Crippen LogP contribution is 2.46. The first-order valence-electron chi connectivity index (χ1n) is 6.30. The van der Waals surface area contributed by atoms with Crippen LogP contribution in [0.15, 0.2) is 0 Å². The number of rotatable bonds is 4. The van der Waals surface area contributed by atoms with Crippen molar-refractivity contribution < 1.29 is 9.84 Å². The Morgan fingerprint density at radius 1 is 1.00 bits per heavy atom. The van der Waals surface area contributed by atoms with E-state index >= 15 is 0 Å². The van der Waals surface area contributed by atoms with Crippen LogP contribution >= 0.6 is 0 Å². The van der Waals surface area contributed by atoms with Gasteiger partial charge in [-0.25, -0.2) is 0 Å². The van der Waals surface area contributed by atoms with Crippen molar-refractivity contribution in [1.29, 1.82) is 0 Å². The summed E-state index contributed by atoms with van der Waals surface area (Å²) in [6.45, 7) is 16.7. The van der Waals surface area contributed by atoms with Gasteiger partial charge >= 0.3 is 0 Å². The molecule has 0 saturated carbocycles. The molecule has 0 aromatic carbocycles. The maximum atomic E-state index is 10.3. The van der Waals surface area contributed by atoms with Gasteiger partial charge in [0.25, 0.3) is 0 Å². The van der Waals surface area contributed by atoms with E-state index in [4.69, 9.17) is 4.74 Å². The minimum absolute atomic E-state index is 0.0215. The summed E-state index contributed by atoms with van der Waals surface area (Å²) < 4.78 is 5.74. The number of aliphatic hydroxyl groups excluding tert-OH is 1. The van der Waals surface area contributed by atoms with Crippen molar-refractivity contribution in [3.8, 4) is 0 Å². The van der Waals surface area contributed by atoms with Crippen LogP contribution in [0.2, 0.25) is 0 Å². The minimum atomic E-state index is -0.715. The van der Waals surface area contributed by atoms with E-state index in [9.17, 15) is 5.11 Å². The fourth-order valence-electron chi connectivity index (χ4n) is 1.85. The van der Waals surface area contributed by atoms with Crippen molar-refractivity contribution in [3.63, 3.8) is 0 Å². The van der Waals surface area contributed by atoms with Gasteiger partial charge in [0.05, 0.1) is 5.60 Å². The largest absolute Gasteiger partial charge is 0.367 e. The Morgan fingerprint density at radius 3 is 1.69 bits per heavy atom. The fourth-order valence-corrected chi connectivity index (χ4v) is 1.85. The van der Waals surface area contributed by atoms with Crippen LogP contribution in [0, 0.1) is 10.8 Å². The molecule has 2 nitrogen and oxygen atoms in total. The van der Waals surface area contributed by atoms with Gasteiger partial charge in [0.15, 0.2) is 6.29 Å². The third-order valence-corrected chi connectivity index (χ3v) is 3.49. The predicted octanol–water partition coefficient (Wildman–Crippen LogP) is 3.97. The Labute approximate surface area is 101 Å². The maximum Gasteiger partial charge on any atom is 0.161 e. The van der Waals surface area contributed by atoms with Gasteiger partial charge in [0, 0.05) is 5.41 Å². The van der Waals surface area contributed by atoms with Gasteiger partial charge in [-0.2, -0.15) is 0 Å². The van der Waals surface area contributed by atoms with Crippen LogP contribution in [0.3, 0.4) is 0 Å². The van der Waals surface area contributed by atoms with Crippen LogP contribution in [0.25, 0.3) is 0 Å². The van der Waals surface area contributed by atoms with E-state index in [1.54, 1.807) is 0 Å². The minimum Gasteiger partial charge on any atom is -0.367 e. The molecule has 0 aliphatic heterocycles. The Hall–Kier alpha value is -0.0800. The van der Waals surface area contributed by atoms with Gasteiger partial charge in [0.1, 0.15) is 0 Å². The number of aliphatic hydroxyl groups is 1. The highest BCUT2D eigenvalue weighted by Gasteiger charge is 2.44. The van der Waals surface area contributed by atoms with Crippen LogP contribution in [0.5, 0.6) is 0 Å². The molecule has 0 bridgehead atoms. The molecular formula is C14H30O2. The SMILES string of the molecule is CCCC(C)(C(O)OC(C)(C)C)C(C)(C)C. The lowest BCUT2D eigenvalue weighted by atomic mass is 9.65. The molecule has 0 aliphatic rings. The summed E-state index contributed by atoms with van der Waals surface area (Å²) in [6, 6.07) is 0. The summed E-state index contributed by atoms with van der Waals surface area (Å²) in [5, 5.41) is 10.3. The zero-order valence-electron chi connectivity index (χ0n) is 12.3. The van der Waals surface area contributed by atoms with E-state index in [1.807, 2.05) is 20.8 Å². The molecule has 0 heterocycles. The third-order valence-electron chi connectivity index (χ3n) is 3.49. The zero-order chi connectivity index (χ0) is 13.2. The first-order valence-corrected chi connectivity index (χ1v) is 6.30. The van der Waals surface area contributed by atoms with E-state index in [0.717, 1.165) is 12.8 Å². The molecule has 0 fully saturated rings. The molecule has 0 aromatic heterocycles. The lowest BCUT2D eigenvalue weighted by Gasteiger charge is -2.46. The molecule has 0 rings (SSSR count). The molecule has 2 heteroatoms. The van der Waals surface area contributed by atoms with Crippen LogP contribution < -0.4 is 0 Å². The highest BCUT2D eigenvalue weighted by atomic mass is 16.6.